The third-order valence-corrected chi connectivity index (χ3v) is 4.52. The van der Waals surface area contributed by atoms with E-state index in [2.05, 4.69) is 24.8 Å². The molecule has 1 aromatic carbocycles. The van der Waals surface area contributed by atoms with Gasteiger partial charge in [-0.05, 0) is 31.2 Å². The van der Waals surface area contributed by atoms with Crippen LogP contribution in [-0.4, -0.2) is 27.7 Å². The summed E-state index contributed by atoms with van der Waals surface area (Å²) in [6.07, 6.45) is 0. The van der Waals surface area contributed by atoms with Gasteiger partial charge < -0.3 is 4.74 Å². The topological polar surface area (TPSA) is 56.5 Å². The Morgan fingerprint density at radius 1 is 1.17 bits per heavy atom. The molecule has 0 aliphatic carbocycles. The first kappa shape index (κ1) is 18.0. The van der Waals surface area contributed by atoms with Crippen LogP contribution in [0.4, 0.5) is 0 Å². The zero-order valence-corrected chi connectivity index (χ0v) is 14.9. The quantitative estimate of drug-likeness (QED) is 0.808. The number of hydrogen-bond donors (Lipinski definition) is 0. The maximum absolute atomic E-state index is 12.1. The van der Waals surface area contributed by atoms with Crippen LogP contribution < -0.4 is 16.0 Å². The van der Waals surface area contributed by atoms with Crippen molar-refractivity contribution in [3.8, 4) is 5.75 Å². The summed E-state index contributed by atoms with van der Waals surface area (Å²) in [4.78, 5) is 26.2. The highest BCUT2D eigenvalue weighted by Crippen LogP contribution is 2.24. The summed E-state index contributed by atoms with van der Waals surface area (Å²) in [5, 5.41) is 0. The van der Waals surface area contributed by atoms with E-state index in [1.807, 2.05) is 18.2 Å². The van der Waals surface area contributed by atoms with Crippen molar-refractivity contribution >= 4 is 0 Å². The number of rotatable bonds is 6. The molecule has 0 amide bonds. The molecule has 0 aliphatic heterocycles. The summed E-state index contributed by atoms with van der Waals surface area (Å²) in [5.74, 6) is 0.816. The van der Waals surface area contributed by atoms with Crippen LogP contribution in [0.1, 0.15) is 31.1 Å². The molecule has 1 aromatic heterocycles. The van der Waals surface area contributed by atoms with Gasteiger partial charge in [-0.3, -0.25) is 18.8 Å². The molecule has 6 nitrogen and oxygen atoms in total. The van der Waals surface area contributed by atoms with E-state index in [1.165, 1.54) is 17.7 Å². The van der Waals surface area contributed by atoms with Crippen molar-refractivity contribution < 1.29 is 4.74 Å². The molecule has 1 unspecified atom stereocenters. The molecule has 0 saturated heterocycles. The van der Waals surface area contributed by atoms with E-state index in [1.54, 1.807) is 14.2 Å². The number of methoxy groups -OCH3 is 1. The first-order valence-corrected chi connectivity index (χ1v) is 8.03. The molecular formula is C18H25N3O3. The van der Waals surface area contributed by atoms with Crippen molar-refractivity contribution in [2.45, 2.75) is 26.4 Å². The molecule has 6 heteroatoms. The number of hydrogen-bond acceptors (Lipinski definition) is 4. The molecule has 130 valence electrons. The van der Waals surface area contributed by atoms with Gasteiger partial charge >= 0.3 is 5.69 Å². The standard InChI is InChI=1S/C18H25N3O3/c1-6-21(13(2)14-8-7-9-16(10-14)24-5)12-15-11-17(22)20(4)18(23)19(15)3/h7-11,13H,6,12H2,1-5H3. The maximum atomic E-state index is 12.1. The second kappa shape index (κ2) is 7.49. The molecular weight excluding hydrogens is 306 g/mol. The first-order chi connectivity index (χ1) is 11.4. The summed E-state index contributed by atoms with van der Waals surface area (Å²) in [6, 6.07) is 9.60. The van der Waals surface area contributed by atoms with Crippen LogP contribution in [0.5, 0.6) is 5.75 Å². The van der Waals surface area contributed by atoms with Gasteiger partial charge in [0, 0.05) is 38.4 Å². The third kappa shape index (κ3) is 3.59. The van der Waals surface area contributed by atoms with Crippen molar-refractivity contribution in [1.29, 1.82) is 0 Å². The zero-order valence-electron chi connectivity index (χ0n) is 14.9. The second-order valence-electron chi connectivity index (χ2n) is 5.89. The average molecular weight is 331 g/mol. The Balaban J connectivity index is 2.32. The monoisotopic (exact) mass is 331 g/mol. The number of ether oxygens (including phenoxy) is 1. The van der Waals surface area contributed by atoms with Crippen LogP contribution in [0.25, 0.3) is 0 Å². The van der Waals surface area contributed by atoms with Crippen LogP contribution in [-0.2, 0) is 20.6 Å². The van der Waals surface area contributed by atoms with Crippen LogP contribution in [0.2, 0.25) is 0 Å². The Bertz CT molecular complexity index is 823. The summed E-state index contributed by atoms with van der Waals surface area (Å²) in [5.41, 5.74) is 1.26. The molecule has 2 aromatic rings. The fourth-order valence-electron chi connectivity index (χ4n) is 2.77. The van der Waals surface area contributed by atoms with Crippen molar-refractivity contribution in [3.05, 3.63) is 62.4 Å². The summed E-state index contributed by atoms with van der Waals surface area (Å²) in [6.45, 7) is 5.49. The van der Waals surface area contributed by atoms with Gasteiger partial charge in [0.2, 0.25) is 0 Å². The van der Waals surface area contributed by atoms with E-state index in [-0.39, 0.29) is 17.3 Å². The molecule has 2 rings (SSSR count). The predicted octanol–water partition coefficient (Wildman–Crippen LogP) is 1.68. The highest BCUT2D eigenvalue weighted by molar-refractivity contribution is 5.30. The fourth-order valence-corrected chi connectivity index (χ4v) is 2.77. The lowest BCUT2D eigenvalue weighted by molar-refractivity contribution is 0.206. The van der Waals surface area contributed by atoms with E-state index < -0.39 is 0 Å². The van der Waals surface area contributed by atoms with Gasteiger partial charge in [0.05, 0.1) is 7.11 Å². The molecule has 1 heterocycles. The lowest BCUT2D eigenvalue weighted by Gasteiger charge is -2.29. The van der Waals surface area contributed by atoms with Crippen LogP contribution in [0.3, 0.4) is 0 Å². The van der Waals surface area contributed by atoms with Gasteiger partial charge in [0.25, 0.3) is 5.56 Å². The van der Waals surface area contributed by atoms with Gasteiger partial charge in [-0.2, -0.15) is 0 Å². The molecule has 1 atom stereocenters. The van der Waals surface area contributed by atoms with Gasteiger partial charge in [-0.15, -0.1) is 0 Å². The predicted molar refractivity (Wildman–Crippen MR) is 94.4 cm³/mol. The van der Waals surface area contributed by atoms with E-state index >= 15 is 0 Å². The van der Waals surface area contributed by atoms with E-state index in [0.717, 1.165) is 22.4 Å². The molecule has 0 bridgehead atoms. The van der Waals surface area contributed by atoms with Gasteiger partial charge in [-0.25, -0.2) is 4.79 Å². The minimum atomic E-state index is -0.303. The number of benzene rings is 1. The summed E-state index contributed by atoms with van der Waals surface area (Å²) in [7, 11) is 4.84. The normalized spacial score (nSPS) is 12.4. The Hall–Kier alpha value is -2.34. The van der Waals surface area contributed by atoms with E-state index in [0.29, 0.717) is 12.2 Å². The largest absolute Gasteiger partial charge is 0.497 e. The SMILES string of the molecule is CCN(Cc1cc(=O)n(C)c(=O)n1C)C(C)c1cccc(OC)c1. The van der Waals surface area contributed by atoms with E-state index in [9.17, 15) is 9.59 Å². The number of nitrogens with zero attached hydrogens (tertiary/aromatic N) is 3. The van der Waals surface area contributed by atoms with Crippen molar-refractivity contribution in [1.82, 2.24) is 14.0 Å². The second-order valence-corrected chi connectivity index (χ2v) is 5.89. The van der Waals surface area contributed by atoms with Crippen LogP contribution in [0.15, 0.2) is 39.9 Å². The molecule has 0 saturated carbocycles. The van der Waals surface area contributed by atoms with Gasteiger partial charge in [-0.1, -0.05) is 19.1 Å². The van der Waals surface area contributed by atoms with E-state index in [4.69, 9.17) is 4.74 Å². The minimum Gasteiger partial charge on any atom is -0.497 e. The average Bonchev–Trinajstić information content (AvgIpc) is 2.61. The van der Waals surface area contributed by atoms with Crippen molar-refractivity contribution in [2.24, 2.45) is 14.1 Å². The van der Waals surface area contributed by atoms with Crippen LogP contribution in [0, 0.1) is 0 Å². The lowest BCUT2D eigenvalue weighted by atomic mass is 10.1. The Labute approximate surface area is 141 Å². The summed E-state index contributed by atoms with van der Waals surface area (Å²) >= 11 is 0. The molecule has 0 fully saturated rings. The molecule has 0 N–H and O–H groups in total. The highest BCUT2D eigenvalue weighted by Gasteiger charge is 2.17. The Morgan fingerprint density at radius 2 is 1.88 bits per heavy atom. The molecule has 0 aliphatic rings. The number of aromatic nitrogens is 2. The van der Waals surface area contributed by atoms with Gasteiger partial charge in [0.15, 0.2) is 0 Å². The Kier molecular flexibility index (Phi) is 5.62. The third-order valence-electron chi connectivity index (χ3n) is 4.52. The summed E-state index contributed by atoms with van der Waals surface area (Å²) < 4.78 is 7.94. The zero-order chi connectivity index (χ0) is 17.9. The fraction of sp³-hybridized carbons (Fsp3) is 0.444. The molecule has 24 heavy (non-hydrogen) atoms. The maximum Gasteiger partial charge on any atom is 0.330 e. The molecule has 0 spiro atoms. The highest BCUT2D eigenvalue weighted by atomic mass is 16.5. The minimum absolute atomic E-state index is 0.129. The lowest BCUT2D eigenvalue weighted by Crippen LogP contribution is -2.39. The van der Waals surface area contributed by atoms with Crippen molar-refractivity contribution in [3.63, 3.8) is 0 Å². The molecule has 0 radical (unpaired) electrons. The Morgan fingerprint density at radius 3 is 2.50 bits per heavy atom. The first-order valence-electron chi connectivity index (χ1n) is 8.03. The smallest absolute Gasteiger partial charge is 0.330 e. The van der Waals surface area contributed by atoms with Crippen LogP contribution >= 0.6 is 0 Å². The van der Waals surface area contributed by atoms with Crippen molar-refractivity contribution in [2.75, 3.05) is 13.7 Å². The van der Waals surface area contributed by atoms with Gasteiger partial charge in [0.1, 0.15) is 5.75 Å².